The lowest BCUT2D eigenvalue weighted by molar-refractivity contribution is 0.193. The number of hydrogen-bond donors (Lipinski definition) is 0. The molecule has 0 bridgehead atoms. The molecule has 296 valence electrons. The minimum absolute atomic E-state index is 0.0349. The maximum Gasteiger partial charge on any atom is 0.252 e. The van der Waals surface area contributed by atoms with Gasteiger partial charge in [-0.1, -0.05) is 103 Å². The Morgan fingerprint density at radius 1 is 0.552 bits per heavy atom. The van der Waals surface area contributed by atoms with Gasteiger partial charge in [-0.2, -0.15) is 0 Å². The van der Waals surface area contributed by atoms with Crippen molar-refractivity contribution in [3.05, 3.63) is 118 Å². The Kier molecular flexibility index (Phi) is 7.35. The summed E-state index contributed by atoms with van der Waals surface area (Å²) in [6.07, 6.45) is 9.98. The number of anilines is 7. The summed E-state index contributed by atoms with van der Waals surface area (Å²) in [7, 11) is 0. The minimum atomic E-state index is -0.0444. The van der Waals surface area contributed by atoms with Crippen LogP contribution in [0.25, 0.3) is 0 Å². The van der Waals surface area contributed by atoms with Crippen molar-refractivity contribution in [3.63, 3.8) is 0 Å². The molecule has 5 aromatic carbocycles. The van der Waals surface area contributed by atoms with Gasteiger partial charge in [0, 0.05) is 50.6 Å². The fraction of sp³-hybridized carbons (Fsp3) is 0.444. The van der Waals surface area contributed by atoms with Gasteiger partial charge >= 0.3 is 0 Å². The van der Waals surface area contributed by atoms with Gasteiger partial charge in [0.1, 0.15) is 0 Å². The van der Waals surface area contributed by atoms with Gasteiger partial charge in [-0.15, -0.1) is 0 Å². The third-order valence-corrected chi connectivity index (χ3v) is 17.1. The molecule has 0 radical (unpaired) electrons. The first-order chi connectivity index (χ1) is 27.5. The van der Waals surface area contributed by atoms with Gasteiger partial charge in [0.15, 0.2) is 0 Å². The lowest BCUT2D eigenvalue weighted by Crippen LogP contribution is -2.64. The normalized spacial score (nSPS) is 27.5. The first-order valence-electron chi connectivity index (χ1n) is 22.6. The molecule has 11 rings (SSSR count). The summed E-state index contributed by atoms with van der Waals surface area (Å²) in [5, 5.41) is 0. The molecule has 0 N–H and O–H groups in total. The molecule has 0 saturated heterocycles. The zero-order chi connectivity index (χ0) is 40.5. The van der Waals surface area contributed by atoms with Crippen molar-refractivity contribution < 1.29 is 0 Å². The zero-order valence-corrected chi connectivity index (χ0v) is 37.1. The van der Waals surface area contributed by atoms with Crippen molar-refractivity contribution >= 4 is 62.9 Å². The van der Waals surface area contributed by atoms with Gasteiger partial charge in [0.2, 0.25) is 0 Å². The second kappa shape index (κ2) is 11.6. The molecule has 4 unspecified atom stereocenters. The summed E-state index contributed by atoms with van der Waals surface area (Å²) in [6.45, 7) is 27.1. The van der Waals surface area contributed by atoms with Gasteiger partial charge in [-0.25, -0.2) is 0 Å². The molecule has 2 saturated carbocycles. The first-order valence-corrected chi connectivity index (χ1v) is 22.6. The molecule has 58 heavy (non-hydrogen) atoms. The number of hydrogen-bond acceptors (Lipinski definition) is 3. The third kappa shape index (κ3) is 4.43. The number of aryl methyl sites for hydroxylation is 4. The first kappa shape index (κ1) is 36.6. The number of rotatable bonds is 2. The summed E-state index contributed by atoms with van der Waals surface area (Å²) in [6, 6.07) is 32.2. The van der Waals surface area contributed by atoms with Crippen LogP contribution in [-0.4, -0.2) is 17.8 Å². The maximum absolute atomic E-state index is 2.94. The van der Waals surface area contributed by atoms with Gasteiger partial charge in [-0.3, -0.25) is 0 Å². The van der Waals surface area contributed by atoms with E-state index in [0.29, 0.717) is 0 Å². The Balaban J connectivity index is 1.29. The molecule has 3 nitrogen and oxygen atoms in total. The highest BCUT2D eigenvalue weighted by atomic mass is 15.3. The van der Waals surface area contributed by atoms with Crippen molar-refractivity contribution in [3.8, 4) is 0 Å². The molecule has 4 aliphatic heterocycles. The molecule has 2 fully saturated rings. The fourth-order valence-electron chi connectivity index (χ4n) is 13.8. The molecule has 4 atom stereocenters. The predicted molar refractivity (Wildman–Crippen MR) is 249 cm³/mol. The topological polar surface area (TPSA) is 9.72 Å². The molecule has 6 aliphatic rings. The van der Waals surface area contributed by atoms with Crippen LogP contribution in [0.15, 0.2) is 78.9 Å². The SMILES string of the molecule is Cc1cccc(N2c3cc(C)ccc3B3c4cc(C(C)(C)C)cc5c4N(c4cc(N6c7cc(C)cc(C)c7C7(C)CCCCC67C)cc2c43)C2(C)CCCCC52C)c1. The lowest BCUT2D eigenvalue weighted by Gasteiger charge is -2.53. The van der Waals surface area contributed by atoms with Crippen molar-refractivity contribution in [2.24, 2.45) is 0 Å². The highest BCUT2D eigenvalue weighted by Crippen LogP contribution is 2.65. The summed E-state index contributed by atoms with van der Waals surface area (Å²) in [4.78, 5) is 8.47. The van der Waals surface area contributed by atoms with E-state index in [0.717, 1.165) is 0 Å². The largest absolute Gasteiger partial charge is 0.335 e. The Labute approximate surface area is 348 Å². The van der Waals surface area contributed by atoms with Crippen LogP contribution in [0.4, 0.5) is 39.8 Å². The van der Waals surface area contributed by atoms with Crippen LogP contribution in [0.5, 0.6) is 0 Å². The van der Waals surface area contributed by atoms with Crippen LogP contribution in [-0.2, 0) is 16.2 Å². The molecule has 4 heterocycles. The molecule has 0 spiro atoms. The second-order valence-corrected chi connectivity index (χ2v) is 21.6. The Bertz CT molecular complexity index is 2610. The monoisotopic (exact) mass is 764 g/mol. The van der Waals surface area contributed by atoms with E-state index in [1.54, 1.807) is 11.1 Å². The Morgan fingerprint density at radius 3 is 1.93 bits per heavy atom. The van der Waals surface area contributed by atoms with Crippen molar-refractivity contribution in [2.45, 2.75) is 155 Å². The van der Waals surface area contributed by atoms with E-state index in [2.05, 4.69) is 170 Å². The van der Waals surface area contributed by atoms with Crippen LogP contribution in [0.2, 0.25) is 0 Å². The van der Waals surface area contributed by atoms with Gasteiger partial charge in [-0.05, 0) is 164 Å². The summed E-state index contributed by atoms with van der Waals surface area (Å²) >= 11 is 0. The van der Waals surface area contributed by atoms with E-state index in [4.69, 9.17) is 0 Å². The van der Waals surface area contributed by atoms with Gasteiger partial charge < -0.3 is 14.7 Å². The maximum atomic E-state index is 2.94. The minimum Gasteiger partial charge on any atom is -0.335 e. The number of fused-ring (bicyclic) bond motifs is 10. The quantitative estimate of drug-likeness (QED) is 0.163. The predicted octanol–water partition coefficient (Wildman–Crippen LogP) is 12.3. The lowest BCUT2D eigenvalue weighted by atomic mass is 9.33. The summed E-state index contributed by atoms with van der Waals surface area (Å²) in [5.74, 6) is 0. The standard InChI is InChI=1S/C54H62BN3/c1-33-17-16-18-38(26-33)56-43-27-34(2)19-20-41(43)55-42-30-37(50(5,6)7)29-40-49(42)58(53(10)23-14-12-21-51(40,53)8)46-32-39(31-45(56)48(46)55)57-44-28-35(3)25-36(4)47(44)52(9)22-13-15-24-54(52,57)11/h16-20,25-32H,12-15,21-24H2,1-11H3. The molecular formula is C54H62BN3. The van der Waals surface area contributed by atoms with E-state index in [-0.39, 0.29) is 34.0 Å². The zero-order valence-electron chi connectivity index (χ0n) is 37.1. The van der Waals surface area contributed by atoms with Crippen LogP contribution >= 0.6 is 0 Å². The van der Waals surface area contributed by atoms with E-state index < -0.39 is 0 Å². The van der Waals surface area contributed by atoms with Crippen LogP contribution in [0, 0.1) is 27.7 Å². The highest BCUT2D eigenvalue weighted by Gasteiger charge is 2.63. The van der Waals surface area contributed by atoms with E-state index >= 15 is 0 Å². The smallest absolute Gasteiger partial charge is 0.252 e. The van der Waals surface area contributed by atoms with E-state index in [1.807, 2.05) is 0 Å². The second-order valence-electron chi connectivity index (χ2n) is 21.6. The Hall–Kier alpha value is -4.44. The van der Waals surface area contributed by atoms with Crippen LogP contribution in [0.1, 0.15) is 139 Å². The molecular weight excluding hydrogens is 701 g/mol. The van der Waals surface area contributed by atoms with Gasteiger partial charge in [0.05, 0.1) is 11.1 Å². The fourth-order valence-corrected chi connectivity index (χ4v) is 13.8. The van der Waals surface area contributed by atoms with Crippen LogP contribution < -0.4 is 31.1 Å². The number of benzene rings is 5. The average Bonchev–Trinajstić information content (AvgIpc) is 3.50. The molecule has 4 heteroatoms. The van der Waals surface area contributed by atoms with Gasteiger partial charge in [0.25, 0.3) is 6.71 Å². The number of nitrogens with zero attached hydrogens (tertiary/aromatic N) is 3. The Morgan fingerprint density at radius 2 is 1.21 bits per heavy atom. The molecule has 2 aliphatic carbocycles. The van der Waals surface area contributed by atoms with Crippen LogP contribution in [0.3, 0.4) is 0 Å². The van der Waals surface area contributed by atoms with E-state index in [1.165, 1.54) is 135 Å². The summed E-state index contributed by atoms with van der Waals surface area (Å²) in [5.41, 5.74) is 24.2. The van der Waals surface area contributed by atoms with E-state index in [9.17, 15) is 0 Å². The van der Waals surface area contributed by atoms with Crippen molar-refractivity contribution in [1.29, 1.82) is 0 Å². The summed E-state index contributed by atoms with van der Waals surface area (Å²) < 4.78 is 0. The molecule has 0 amide bonds. The third-order valence-electron chi connectivity index (χ3n) is 17.1. The van der Waals surface area contributed by atoms with Crippen molar-refractivity contribution in [1.82, 2.24) is 0 Å². The highest BCUT2D eigenvalue weighted by molar-refractivity contribution is 7.00. The molecule has 5 aromatic rings. The average molecular weight is 764 g/mol. The van der Waals surface area contributed by atoms with Crippen molar-refractivity contribution in [2.75, 3.05) is 14.7 Å². The molecule has 0 aromatic heterocycles.